The minimum atomic E-state index is 0.725. The van der Waals surface area contributed by atoms with Gasteiger partial charge in [0.1, 0.15) is 0 Å². The summed E-state index contributed by atoms with van der Waals surface area (Å²) in [5.74, 6) is 0.725. The van der Waals surface area contributed by atoms with Gasteiger partial charge in [0, 0.05) is 49.4 Å². The molecule has 10 rings (SSSR count). The van der Waals surface area contributed by atoms with E-state index in [1.165, 1.54) is 32.6 Å². The number of fused-ring (bicyclic) bond motifs is 7. The van der Waals surface area contributed by atoms with Gasteiger partial charge in [-0.25, -0.2) is 9.97 Å². The number of rotatable bonds is 4. The van der Waals surface area contributed by atoms with Gasteiger partial charge in [-0.2, -0.15) is 0 Å². The number of para-hydroxylation sites is 3. The fourth-order valence-corrected chi connectivity index (χ4v) is 7.35. The number of nitrogens with zero attached hydrogens (tertiary/aromatic N) is 4. The Bertz CT molecular complexity index is 2810. The molecule has 0 bridgehead atoms. The molecule has 4 nitrogen and oxygen atoms in total. The van der Waals surface area contributed by atoms with E-state index in [-0.39, 0.29) is 0 Å². The minimum absolute atomic E-state index is 0.725. The van der Waals surface area contributed by atoms with Crippen molar-refractivity contribution < 1.29 is 0 Å². The molecular formula is C44H28N4. The first-order valence-electron chi connectivity index (χ1n) is 16.3. The van der Waals surface area contributed by atoms with Gasteiger partial charge in [0.05, 0.1) is 33.3 Å². The molecule has 0 saturated carbocycles. The third-order valence-corrected chi connectivity index (χ3v) is 9.50. The summed E-state index contributed by atoms with van der Waals surface area (Å²) in [5, 5.41) is 5.97. The summed E-state index contributed by atoms with van der Waals surface area (Å²) in [6.45, 7) is 0. The second-order valence-electron chi connectivity index (χ2n) is 12.3. The fraction of sp³-hybridized carbons (Fsp3) is 0. The van der Waals surface area contributed by atoms with Gasteiger partial charge in [0.2, 0.25) is 0 Å². The topological polar surface area (TPSA) is 35.6 Å². The first-order chi connectivity index (χ1) is 23.8. The summed E-state index contributed by atoms with van der Waals surface area (Å²) in [5.41, 5.74) is 10.8. The molecular weight excluding hydrogens is 585 g/mol. The van der Waals surface area contributed by atoms with Crippen LogP contribution in [0, 0.1) is 0 Å². The van der Waals surface area contributed by atoms with Gasteiger partial charge in [-0.1, -0.05) is 115 Å². The predicted molar refractivity (Wildman–Crippen MR) is 199 cm³/mol. The normalized spacial score (nSPS) is 11.8. The van der Waals surface area contributed by atoms with Crippen LogP contribution in [0.3, 0.4) is 0 Å². The summed E-state index contributed by atoms with van der Waals surface area (Å²) in [6.07, 6.45) is 0. The molecule has 0 unspecified atom stereocenters. The molecule has 0 aliphatic carbocycles. The van der Waals surface area contributed by atoms with E-state index in [1.807, 2.05) is 24.3 Å². The minimum Gasteiger partial charge on any atom is -0.309 e. The van der Waals surface area contributed by atoms with Crippen LogP contribution in [0.5, 0.6) is 0 Å². The molecule has 48 heavy (non-hydrogen) atoms. The van der Waals surface area contributed by atoms with Gasteiger partial charge in [0.15, 0.2) is 5.82 Å². The second-order valence-corrected chi connectivity index (χ2v) is 12.3. The summed E-state index contributed by atoms with van der Waals surface area (Å²) in [4.78, 5) is 10.2. The zero-order valence-electron chi connectivity index (χ0n) is 26.0. The summed E-state index contributed by atoms with van der Waals surface area (Å²) in [6, 6.07) is 60.1. The second kappa shape index (κ2) is 10.5. The first kappa shape index (κ1) is 26.7. The Balaban J connectivity index is 1.29. The molecule has 0 aliphatic heterocycles. The van der Waals surface area contributed by atoms with E-state index in [9.17, 15) is 0 Å². The fourth-order valence-electron chi connectivity index (χ4n) is 7.35. The molecule has 0 N–H and O–H groups in total. The monoisotopic (exact) mass is 612 g/mol. The van der Waals surface area contributed by atoms with Crippen LogP contribution in [-0.4, -0.2) is 19.1 Å². The Kier molecular flexibility index (Phi) is 5.84. The average molecular weight is 613 g/mol. The molecule has 224 valence electrons. The van der Waals surface area contributed by atoms with Crippen molar-refractivity contribution in [1.29, 1.82) is 0 Å². The van der Waals surface area contributed by atoms with E-state index >= 15 is 0 Å². The van der Waals surface area contributed by atoms with E-state index in [0.29, 0.717) is 0 Å². The summed E-state index contributed by atoms with van der Waals surface area (Å²) < 4.78 is 4.79. The third kappa shape index (κ3) is 4.03. The highest BCUT2D eigenvalue weighted by Crippen LogP contribution is 2.40. The molecule has 0 aliphatic rings. The Morgan fingerprint density at radius 2 is 0.875 bits per heavy atom. The van der Waals surface area contributed by atoms with Gasteiger partial charge in [-0.15, -0.1) is 0 Å². The first-order valence-corrected chi connectivity index (χ1v) is 16.3. The predicted octanol–water partition coefficient (Wildman–Crippen LogP) is 11.2. The van der Waals surface area contributed by atoms with E-state index in [2.05, 4.69) is 155 Å². The van der Waals surface area contributed by atoms with E-state index in [4.69, 9.17) is 9.97 Å². The number of aromatic nitrogens is 4. The van der Waals surface area contributed by atoms with E-state index in [1.54, 1.807) is 0 Å². The maximum atomic E-state index is 5.18. The highest BCUT2D eigenvalue weighted by Gasteiger charge is 2.19. The van der Waals surface area contributed by atoms with Gasteiger partial charge < -0.3 is 9.13 Å². The SMILES string of the molecule is c1ccc(-c2nc(-c3ccccc3)c3cc(-n4c5ccccc5c5cc6c7ccccc7n(-c7ccccc7)c6cc54)ccc3n2)cc1. The average Bonchev–Trinajstić information content (AvgIpc) is 3.66. The van der Waals surface area contributed by atoms with Crippen LogP contribution in [0.4, 0.5) is 0 Å². The molecule has 0 spiro atoms. The van der Waals surface area contributed by atoms with Crippen molar-refractivity contribution >= 4 is 54.5 Å². The van der Waals surface area contributed by atoms with Crippen molar-refractivity contribution in [3.63, 3.8) is 0 Å². The Labute approximate surface area is 276 Å². The summed E-state index contributed by atoms with van der Waals surface area (Å²) in [7, 11) is 0. The molecule has 3 heterocycles. The lowest BCUT2D eigenvalue weighted by atomic mass is 10.0. The van der Waals surface area contributed by atoms with Crippen molar-refractivity contribution in [1.82, 2.24) is 19.1 Å². The number of benzene rings is 7. The third-order valence-electron chi connectivity index (χ3n) is 9.50. The standard InChI is InChI=1S/C44H28N4/c1-4-14-29(15-5-1)43-37-26-32(24-25-38(37)45-44(46-43)30-16-6-2-7-17-30)48-40-23-13-11-21-34(40)36-27-35-33-20-10-12-22-39(33)47(41(35)28-42(36)48)31-18-8-3-9-19-31/h1-28H. The van der Waals surface area contributed by atoms with Crippen molar-refractivity contribution in [2.75, 3.05) is 0 Å². The van der Waals surface area contributed by atoms with Crippen LogP contribution in [0.1, 0.15) is 0 Å². The molecule has 0 amide bonds. The van der Waals surface area contributed by atoms with Crippen LogP contribution in [0.15, 0.2) is 170 Å². The molecule has 3 aromatic heterocycles. The number of hydrogen-bond donors (Lipinski definition) is 0. The highest BCUT2D eigenvalue weighted by atomic mass is 15.0. The van der Waals surface area contributed by atoms with Gasteiger partial charge in [-0.05, 0) is 54.6 Å². The lowest BCUT2D eigenvalue weighted by Crippen LogP contribution is -1.99. The quantitative estimate of drug-likeness (QED) is 0.198. The maximum Gasteiger partial charge on any atom is 0.160 e. The zero-order chi connectivity index (χ0) is 31.6. The largest absolute Gasteiger partial charge is 0.309 e. The summed E-state index contributed by atoms with van der Waals surface area (Å²) >= 11 is 0. The molecule has 0 saturated heterocycles. The molecule has 10 aromatic rings. The Morgan fingerprint density at radius 1 is 0.333 bits per heavy atom. The molecule has 4 heteroatoms. The smallest absolute Gasteiger partial charge is 0.160 e. The van der Waals surface area contributed by atoms with Crippen molar-refractivity contribution in [2.45, 2.75) is 0 Å². The lowest BCUT2D eigenvalue weighted by molar-refractivity contribution is 1.16. The van der Waals surface area contributed by atoms with Gasteiger partial charge in [-0.3, -0.25) is 0 Å². The van der Waals surface area contributed by atoms with Crippen LogP contribution >= 0.6 is 0 Å². The van der Waals surface area contributed by atoms with Crippen LogP contribution < -0.4 is 0 Å². The van der Waals surface area contributed by atoms with E-state index < -0.39 is 0 Å². The number of hydrogen-bond acceptors (Lipinski definition) is 2. The van der Waals surface area contributed by atoms with Crippen molar-refractivity contribution in [3.05, 3.63) is 170 Å². The van der Waals surface area contributed by atoms with E-state index in [0.717, 1.165) is 56.0 Å². The zero-order valence-corrected chi connectivity index (χ0v) is 26.0. The molecule has 0 radical (unpaired) electrons. The van der Waals surface area contributed by atoms with Crippen LogP contribution in [0.2, 0.25) is 0 Å². The molecule has 0 atom stereocenters. The lowest BCUT2D eigenvalue weighted by Gasteiger charge is -2.13. The Morgan fingerprint density at radius 3 is 1.52 bits per heavy atom. The van der Waals surface area contributed by atoms with Crippen LogP contribution in [-0.2, 0) is 0 Å². The van der Waals surface area contributed by atoms with Crippen LogP contribution in [0.25, 0.3) is 88.5 Å². The molecule has 7 aromatic carbocycles. The van der Waals surface area contributed by atoms with Gasteiger partial charge in [0.25, 0.3) is 0 Å². The van der Waals surface area contributed by atoms with Gasteiger partial charge >= 0.3 is 0 Å². The Hall–Kier alpha value is -6.52. The highest BCUT2D eigenvalue weighted by molar-refractivity contribution is 6.19. The maximum absolute atomic E-state index is 5.18. The van der Waals surface area contributed by atoms with Crippen molar-refractivity contribution in [2.24, 2.45) is 0 Å². The molecule has 0 fully saturated rings. The van der Waals surface area contributed by atoms with Crippen molar-refractivity contribution in [3.8, 4) is 34.0 Å².